The van der Waals surface area contributed by atoms with Gasteiger partial charge in [-0.25, -0.2) is 0 Å². The molecular weight excluding hydrogens is 192 g/mol. The maximum absolute atomic E-state index is 10.7. The lowest BCUT2D eigenvalue weighted by molar-refractivity contribution is 0.112. The first-order valence-corrected chi connectivity index (χ1v) is 5.14. The van der Waals surface area contributed by atoms with Crippen molar-refractivity contribution in [3.63, 3.8) is 0 Å². The fourth-order valence-corrected chi connectivity index (χ4v) is 2.18. The smallest absolute Gasteiger partial charge is 0.151 e. The largest absolute Gasteiger partial charge is 0.298 e. The summed E-state index contributed by atoms with van der Waals surface area (Å²) in [7, 11) is 0. The summed E-state index contributed by atoms with van der Waals surface area (Å²) in [4.78, 5) is 11.8. The number of thiophene rings is 1. The number of carbonyl (C=O) groups is 1. The van der Waals surface area contributed by atoms with Gasteiger partial charge >= 0.3 is 0 Å². The molecule has 0 aliphatic heterocycles. The molecule has 0 unspecified atom stereocenters. The Morgan fingerprint density at radius 3 is 2.50 bits per heavy atom. The maximum atomic E-state index is 10.7. The fraction of sp³-hybridized carbons (Fsp3) is 0. The van der Waals surface area contributed by atoms with E-state index in [0.29, 0.717) is 0 Å². The molecule has 0 saturated carbocycles. The van der Waals surface area contributed by atoms with Gasteiger partial charge in [-0.2, -0.15) is 0 Å². The maximum Gasteiger partial charge on any atom is 0.151 e. The average molecular weight is 201 g/mol. The molecule has 69 valence electrons. The Labute approximate surface area is 87.0 Å². The monoisotopic (exact) mass is 201 g/mol. The number of hydrogen-bond acceptors (Lipinski definition) is 2. The molecule has 0 spiro atoms. The van der Waals surface area contributed by atoms with Crippen LogP contribution in [0.15, 0.2) is 35.7 Å². The molecule has 0 amide bonds. The van der Waals surface area contributed by atoms with Gasteiger partial charge in [0.1, 0.15) is 0 Å². The quantitative estimate of drug-likeness (QED) is 0.680. The van der Waals surface area contributed by atoms with Crippen LogP contribution in [0.2, 0.25) is 0 Å². The summed E-state index contributed by atoms with van der Waals surface area (Å²) in [6, 6.07) is 9.71. The zero-order valence-electron chi connectivity index (χ0n) is 7.57. The Hall–Kier alpha value is -1.41. The van der Waals surface area contributed by atoms with E-state index in [1.807, 2.05) is 35.7 Å². The van der Waals surface area contributed by atoms with Crippen molar-refractivity contribution in [1.29, 1.82) is 0 Å². The average Bonchev–Trinajstić information content (AvgIpc) is 2.67. The lowest BCUT2D eigenvalue weighted by Crippen LogP contribution is -1.80. The van der Waals surface area contributed by atoms with E-state index >= 15 is 0 Å². The van der Waals surface area contributed by atoms with Gasteiger partial charge in [0.2, 0.25) is 0 Å². The third kappa shape index (κ3) is 1.61. The van der Waals surface area contributed by atoms with E-state index in [1.54, 1.807) is 11.3 Å². The fourth-order valence-electron chi connectivity index (χ4n) is 1.30. The summed E-state index contributed by atoms with van der Waals surface area (Å²) < 4.78 is 0. The second-order valence-corrected chi connectivity index (χ2v) is 3.94. The summed E-state index contributed by atoms with van der Waals surface area (Å²) >= 11 is 1.58. The molecule has 1 aromatic carbocycles. The van der Waals surface area contributed by atoms with Gasteiger partial charge < -0.3 is 0 Å². The minimum atomic E-state index is 0.756. The van der Waals surface area contributed by atoms with E-state index in [9.17, 15) is 4.79 Å². The second kappa shape index (κ2) is 3.76. The van der Waals surface area contributed by atoms with Crippen molar-refractivity contribution in [3.05, 3.63) is 53.8 Å². The third-order valence-electron chi connectivity index (χ3n) is 2.04. The van der Waals surface area contributed by atoms with Crippen molar-refractivity contribution >= 4 is 17.6 Å². The van der Waals surface area contributed by atoms with Gasteiger partial charge in [0.05, 0.1) is 0 Å². The van der Waals surface area contributed by atoms with Gasteiger partial charge in [-0.3, -0.25) is 4.79 Å². The van der Waals surface area contributed by atoms with E-state index in [-0.39, 0.29) is 0 Å². The van der Waals surface area contributed by atoms with Gasteiger partial charge in [0, 0.05) is 10.4 Å². The Morgan fingerprint density at radius 2 is 1.86 bits per heavy atom. The molecule has 1 nitrogen and oxygen atoms in total. The number of carbonyl (C=O) groups excluding carboxylic acids is 1. The van der Waals surface area contributed by atoms with E-state index in [0.717, 1.165) is 27.9 Å². The van der Waals surface area contributed by atoms with Gasteiger partial charge in [0.15, 0.2) is 6.29 Å². The molecule has 2 rings (SSSR count). The van der Waals surface area contributed by atoms with Crippen molar-refractivity contribution in [1.82, 2.24) is 0 Å². The van der Waals surface area contributed by atoms with Crippen LogP contribution >= 0.6 is 11.3 Å². The molecule has 1 aromatic heterocycles. The lowest BCUT2D eigenvalue weighted by atomic mass is 10.1. The van der Waals surface area contributed by atoms with Crippen LogP contribution in [0.5, 0.6) is 0 Å². The molecule has 0 aliphatic carbocycles. The predicted molar refractivity (Wildman–Crippen MR) is 59.6 cm³/mol. The SMILES string of the molecule is [CH2]c1ccc(-c2sccc2C=O)cc1. The van der Waals surface area contributed by atoms with Gasteiger partial charge in [-0.05, 0) is 29.5 Å². The summed E-state index contributed by atoms with van der Waals surface area (Å²) in [6.07, 6.45) is 0.893. The Balaban J connectivity index is 2.49. The van der Waals surface area contributed by atoms with E-state index in [2.05, 4.69) is 6.92 Å². The van der Waals surface area contributed by atoms with Crippen LogP contribution in [-0.4, -0.2) is 6.29 Å². The highest BCUT2D eigenvalue weighted by atomic mass is 32.1. The molecule has 0 N–H and O–H groups in total. The molecule has 14 heavy (non-hydrogen) atoms. The standard InChI is InChI=1S/C12H9OS/c1-9-2-4-10(5-3-9)12-11(8-13)6-7-14-12/h2-8H,1H2. The van der Waals surface area contributed by atoms with Crippen molar-refractivity contribution < 1.29 is 4.79 Å². The van der Waals surface area contributed by atoms with E-state index in [1.165, 1.54) is 0 Å². The van der Waals surface area contributed by atoms with Gasteiger partial charge in [-0.15, -0.1) is 11.3 Å². The molecule has 1 heterocycles. The zero-order valence-corrected chi connectivity index (χ0v) is 8.38. The molecule has 0 saturated heterocycles. The van der Waals surface area contributed by atoms with Crippen LogP contribution in [0.4, 0.5) is 0 Å². The summed E-state index contributed by atoms with van der Waals surface area (Å²) in [5, 5.41) is 1.93. The van der Waals surface area contributed by atoms with E-state index in [4.69, 9.17) is 0 Å². The molecule has 0 fully saturated rings. The highest BCUT2D eigenvalue weighted by Gasteiger charge is 2.04. The third-order valence-corrected chi connectivity index (χ3v) is 3.02. The van der Waals surface area contributed by atoms with Crippen LogP contribution in [0.1, 0.15) is 15.9 Å². The Morgan fingerprint density at radius 1 is 1.14 bits per heavy atom. The minimum absolute atomic E-state index is 0.756. The molecular formula is C12H9OS. The van der Waals surface area contributed by atoms with Gasteiger partial charge in [-0.1, -0.05) is 24.3 Å². The normalized spacial score (nSPS) is 10.1. The lowest BCUT2D eigenvalue weighted by Gasteiger charge is -1.99. The van der Waals surface area contributed by atoms with Gasteiger partial charge in [0.25, 0.3) is 0 Å². The van der Waals surface area contributed by atoms with Crippen LogP contribution < -0.4 is 0 Å². The summed E-state index contributed by atoms with van der Waals surface area (Å²) in [6.45, 7) is 3.82. The van der Waals surface area contributed by atoms with Crippen LogP contribution in [0.3, 0.4) is 0 Å². The summed E-state index contributed by atoms with van der Waals surface area (Å²) in [5.41, 5.74) is 2.82. The number of rotatable bonds is 2. The second-order valence-electron chi connectivity index (χ2n) is 3.02. The zero-order chi connectivity index (χ0) is 9.97. The molecule has 0 aliphatic rings. The summed E-state index contributed by atoms with van der Waals surface area (Å²) in [5.74, 6) is 0. The van der Waals surface area contributed by atoms with Crippen molar-refractivity contribution in [2.75, 3.05) is 0 Å². The van der Waals surface area contributed by atoms with Crippen molar-refractivity contribution in [2.45, 2.75) is 0 Å². The first kappa shape index (κ1) is 9.16. The van der Waals surface area contributed by atoms with Crippen LogP contribution in [0, 0.1) is 6.92 Å². The molecule has 0 atom stereocenters. The number of aldehydes is 1. The topological polar surface area (TPSA) is 17.1 Å². The number of benzene rings is 1. The molecule has 2 heteroatoms. The first-order valence-electron chi connectivity index (χ1n) is 4.26. The Bertz CT molecular complexity index is 440. The Kier molecular flexibility index (Phi) is 2.46. The van der Waals surface area contributed by atoms with E-state index < -0.39 is 0 Å². The highest BCUT2D eigenvalue weighted by Crippen LogP contribution is 2.28. The predicted octanol–water partition coefficient (Wildman–Crippen LogP) is 3.41. The van der Waals surface area contributed by atoms with Crippen LogP contribution in [0.25, 0.3) is 10.4 Å². The molecule has 0 bridgehead atoms. The highest BCUT2D eigenvalue weighted by molar-refractivity contribution is 7.14. The molecule has 2 aromatic rings. The van der Waals surface area contributed by atoms with Crippen LogP contribution in [-0.2, 0) is 0 Å². The minimum Gasteiger partial charge on any atom is -0.298 e. The molecule has 1 radical (unpaired) electrons. The number of hydrogen-bond donors (Lipinski definition) is 0. The van der Waals surface area contributed by atoms with Crippen molar-refractivity contribution in [3.8, 4) is 10.4 Å². The first-order chi connectivity index (χ1) is 6.81. The van der Waals surface area contributed by atoms with Crippen molar-refractivity contribution in [2.24, 2.45) is 0 Å².